The second-order valence-corrected chi connectivity index (χ2v) is 6.60. The van der Waals surface area contributed by atoms with Crippen molar-refractivity contribution in [3.05, 3.63) is 83.9 Å². The van der Waals surface area contributed by atoms with Crippen LogP contribution >= 0.6 is 0 Å². The summed E-state index contributed by atoms with van der Waals surface area (Å²) in [7, 11) is 0. The van der Waals surface area contributed by atoms with Crippen LogP contribution in [-0.4, -0.2) is 24.2 Å². The van der Waals surface area contributed by atoms with Gasteiger partial charge in [-0.1, -0.05) is 55.1 Å². The van der Waals surface area contributed by atoms with Crippen LogP contribution in [0.3, 0.4) is 0 Å². The smallest absolute Gasteiger partial charge is 0.407 e. The molecule has 3 rings (SSSR count). The summed E-state index contributed by atoms with van der Waals surface area (Å²) in [5, 5.41) is 2.86. The van der Waals surface area contributed by atoms with Crippen molar-refractivity contribution in [3.63, 3.8) is 0 Å². The molecule has 1 aliphatic rings. The molecule has 0 spiro atoms. The number of hydrogen-bond acceptors (Lipinski definition) is 4. The van der Waals surface area contributed by atoms with Gasteiger partial charge in [-0.25, -0.2) is 9.59 Å². The summed E-state index contributed by atoms with van der Waals surface area (Å²) in [6.07, 6.45) is 1.06. The Labute approximate surface area is 159 Å². The Hall–Kier alpha value is -3.08. The van der Waals surface area contributed by atoms with Crippen LogP contribution in [0.25, 0.3) is 0 Å². The van der Waals surface area contributed by atoms with Gasteiger partial charge in [-0.2, -0.15) is 0 Å². The van der Waals surface area contributed by atoms with Gasteiger partial charge >= 0.3 is 12.1 Å². The first-order chi connectivity index (χ1) is 13.1. The van der Waals surface area contributed by atoms with Crippen LogP contribution in [0.15, 0.2) is 72.8 Å². The topological polar surface area (TPSA) is 64.6 Å². The molecular weight excluding hydrogens is 342 g/mol. The second kappa shape index (κ2) is 9.03. The predicted octanol–water partition coefficient (Wildman–Crippen LogP) is 4.25. The first-order valence-electron chi connectivity index (χ1n) is 9.02. The Kier molecular flexibility index (Phi) is 6.26. The lowest BCUT2D eigenvalue weighted by atomic mass is 9.89. The molecule has 2 aromatic carbocycles. The maximum absolute atomic E-state index is 12.3. The van der Waals surface area contributed by atoms with Gasteiger partial charge in [0, 0.05) is 12.5 Å². The third kappa shape index (κ3) is 5.45. The van der Waals surface area contributed by atoms with Crippen LogP contribution in [0.5, 0.6) is 0 Å². The van der Waals surface area contributed by atoms with Crippen molar-refractivity contribution < 1.29 is 19.1 Å². The summed E-state index contributed by atoms with van der Waals surface area (Å²) >= 11 is 0. The number of hydrogen-bond donors (Lipinski definition) is 1. The standard InChI is InChI=1S/C22H23NO4/c1-16-12-13-19(23-22(25)26-15-17-8-4-2-5-9-17)14-20(16)27-21(24)18-10-6-3-7-11-18/h2-11,19-20H,1,12-15H2,(H,23,25)/t19-,20+/m0/s1. The second-order valence-electron chi connectivity index (χ2n) is 6.60. The van der Waals surface area contributed by atoms with E-state index in [1.807, 2.05) is 36.4 Å². The average Bonchev–Trinajstić information content (AvgIpc) is 2.70. The minimum atomic E-state index is -0.468. The summed E-state index contributed by atoms with van der Waals surface area (Å²) < 4.78 is 10.9. The number of benzene rings is 2. The van der Waals surface area contributed by atoms with E-state index in [2.05, 4.69) is 11.9 Å². The molecule has 1 aliphatic carbocycles. The molecule has 0 saturated heterocycles. The molecule has 1 fully saturated rings. The number of amides is 1. The van der Waals surface area contributed by atoms with E-state index in [9.17, 15) is 9.59 Å². The maximum atomic E-state index is 12.3. The largest absolute Gasteiger partial charge is 0.454 e. The lowest BCUT2D eigenvalue weighted by Gasteiger charge is -2.31. The summed E-state index contributed by atoms with van der Waals surface area (Å²) in [5.41, 5.74) is 2.30. The average molecular weight is 365 g/mol. The summed E-state index contributed by atoms with van der Waals surface area (Å²) in [6, 6.07) is 18.2. The summed E-state index contributed by atoms with van der Waals surface area (Å²) in [6.45, 7) is 4.23. The molecular formula is C22H23NO4. The first kappa shape index (κ1) is 18.7. The highest BCUT2D eigenvalue weighted by molar-refractivity contribution is 5.89. The van der Waals surface area contributed by atoms with Gasteiger partial charge in [0.1, 0.15) is 12.7 Å². The zero-order valence-corrected chi connectivity index (χ0v) is 15.1. The quantitative estimate of drug-likeness (QED) is 0.636. The summed E-state index contributed by atoms with van der Waals surface area (Å²) in [5.74, 6) is -0.381. The van der Waals surface area contributed by atoms with Gasteiger partial charge in [-0.15, -0.1) is 0 Å². The van der Waals surface area contributed by atoms with Crippen molar-refractivity contribution in [2.75, 3.05) is 0 Å². The molecule has 0 aromatic heterocycles. The van der Waals surface area contributed by atoms with Gasteiger partial charge in [0.05, 0.1) is 5.56 Å². The number of esters is 1. The van der Waals surface area contributed by atoms with E-state index < -0.39 is 12.2 Å². The molecule has 0 heterocycles. The van der Waals surface area contributed by atoms with E-state index in [0.29, 0.717) is 18.4 Å². The zero-order valence-electron chi connectivity index (χ0n) is 15.1. The molecule has 0 radical (unpaired) electrons. The molecule has 1 saturated carbocycles. The van der Waals surface area contributed by atoms with E-state index >= 15 is 0 Å². The molecule has 1 amide bonds. The molecule has 0 aliphatic heterocycles. The number of ether oxygens (including phenoxy) is 2. The lowest BCUT2D eigenvalue weighted by molar-refractivity contribution is 0.0302. The van der Waals surface area contributed by atoms with Gasteiger partial charge in [0.2, 0.25) is 0 Å². The Bertz CT molecular complexity index is 788. The first-order valence-corrected chi connectivity index (χ1v) is 9.02. The van der Waals surface area contributed by atoms with E-state index in [4.69, 9.17) is 9.47 Å². The number of carbonyl (C=O) groups excluding carboxylic acids is 2. The van der Waals surface area contributed by atoms with Crippen LogP contribution < -0.4 is 5.32 Å². The van der Waals surface area contributed by atoms with Crippen molar-refractivity contribution in [2.24, 2.45) is 0 Å². The number of nitrogens with one attached hydrogen (secondary N) is 1. The van der Waals surface area contributed by atoms with Crippen molar-refractivity contribution in [1.82, 2.24) is 5.32 Å². The molecule has 1 N–H and O–H groups in total. The van der Waals surface area contributed by atoms with E-state index in [0.717, 1.165) is 17.6 Å². The van der Waals surface area contributed by atoms with E-state index in [1.165, 1.54) is 0 Å². The fourth-order valence-electron chi connectivity index (χ4n) is 3.03. The van der Waals surface area contributed by atoms with E-state index in [-0.39, 0.29) is 18.6 Å². The lowest BCUT2D eigenvalue weighted by Crippen LogP contribution is -2.41. The Balaban J connectivity index is 1.50. The normalized spacial score (nSPS) is 19.2. The van der Waals surface area contributed by atoms with E-state index in [1.54, 1.807) is 24.3 Å². The minimum absolute atomic E-state index is 0.118. The number of rotatable bonds is 5. The molecule has 27 heavy (non-hydrogen) atoms. The fourth-order valence-corrected chi connectivity index (χ4v) is 3.03. The maximum Gasteiger partial charge on any atom is 0.407 e. The molecule has 0 bridgehead atoms. The van der Waals surface area contributed by atoms with Gasteiger partial charge < -0.3 is 14.8 Å². The number of carbonyl (C=O) groups is 2. The van der Waals surface area contributed by atoms with Crippen LogP contribution in [-0.2, 0) is 16.1 Å². The Morgan fingerprint density at radius 2 is 1.70 bits per heavy atom. The number of alkyl carbamates (subject to hydrolysis) is 1. The monoisotopic (exact) mass is 365 g/mol. The van der Waals surface area contributed by atoms with Gasteiger partial charge in [-0.05, 0) is 36.1 Å². The highest BCUT2D eigenvalue weighted by Crippen LogP contribution is 2.26. The van der Waals surface area contributed by atoms with Crippen LogP contribution in [0.4, 0.5) is 4.79 Å². The third-order valence-electron chi connectivity index (χ3n) is 4.56. The highest BCUT2D eigenvalue weighted by atomic mass is 16.6. The van der Waals surface area contributed by atoms with Crippen molar-refractivity contribution in [3.8, 4) is 0 Å². The van der Waals surface area contributed by atoms with Crippen LogP contribution in [0, 0.1) is 0 Å². The van der Waals surface area contributed by atoms with Crippen molar-refractivity contribution in [1.29, 1.82) is 0 Å². The molecule has 5 nitrogen and oxygen atoms in total. The molecule has 0 unspecified atom stereocenters. The predicted molar refractivity (Wildman–Crippen MR) is 102 cm³/mol. The summed E-state index contributed by atoms with van der Waals surface area (Å²) in [4.78, 5) is 24.3. The van der Waals surface area contributed by atoms with Crippen molar-refractivity contribution >= 4 is 12.1 Å². The molecule has 5 heteroatoms. The molecule has 140 valence electrons. The Morgan fingerprint density at radius 1 is 1.04 bits per heavy atom. The third-order valence-corrected chi connectivity index (χ3v) is 4.56. The Morgan fingerprint density at radius 3 is 2.41 bits per heavy atom. The van der Waals surface area contributed by atoms with Gasteiger partial charge in [0.15, 0.2) is 0 Å². The molecule has 2 aromatic rings. The molecule has 2 atom stereocenters. The van der Waals surface area contributed by atoms with Gasteiger partial charge in [-0.3, -0.25) is 0 Å². The fraction of sp³-hybridized carbons (Fsp3) is 0.273. The highest BCUT2D eigenvalue weighted by Gasteiger charge is 2.29. The van der Waals surface area contributed by atoms with Crippen LogP contribution in [0.2, 0.25) is 0 Å². The minimum Gasteiger partial charge on any atom is -0.454 e. The van der Waals surface area contributed by atoms with Crippen molar-refractivity contribution in [2.45, 2.75) is 38.0 Å². The SMILES string of the molecule is C=C1CC[C@H](NC(=O)OCc2ccccc2)C[C@H]1OC(=O)c1ccccc1. The van der Waals surface area contributed by atoms with Gasteiger partial charge in [0.25, 0.3) is 0 Å². The zero-order chi connectivity index (χ0) is 19.1. The van der Waals surface area contributed by atoms with Crippen LogP contribution in [0.1, 0.15) is 35.2 Å².